The summed E-state index contributed by atoms with van der Waals surface area (Å²) in [6, 6.07) is 7.28. The van der Waals surface area contributed by atoms with Crippen molar-refractivity contribution >= 4 is 10.0 Å². The fourth-order valence-corrected chi connectivity index (χ4v) is 3.90. The Morgan fingerprint density at radius 3 is 2.40 bits per heavy atom. The largest absolute Gasteiger partial charge is 0.395 e. The Kier molecular flexibility index (Phi) is 5.15. The molecule has 1 aliphatic heterocycles. The molecule has 112 valence electrons. The number of piperidine rings is 1. The van der Waals surface area contributed by atoms with Gasteiger partial charge in [0.15, 0.2) is 0 Å². The Labute approximate surface area is 120 Å². The summed E-state index contributed by atoms with van der Waals surface area (Å²) >= 11 is 0. The van der Waals surface area contributed by atoms with E-state index in [1.807, 2.05) is 19.1 Å². The van der Waals surface area contributed by atoms with Gasteiger partial charge in [0, 0.05) is 25.7 Å². The van der Waals surface area contributed by atoms with E-state index in [9.17, 15) is 8.42 Å². The van der Waals surface area contributed by atoms with Crippen molar-refractivity contribution < 1.29 is 13.5 Å². The van der Waals surface area contributed by atoms with Crippen LogP contribution in [0.15, 0.2) is 29.2 Å². The quantitative estimate of drug-likeness (QED) is 0.841. The number of nitrogens with zero attached hydrogens (tertiary/aromatic N) is 1. The maximum Gasteiger partial charge on any atom is 0.243 e. The highest BCUT2D eigenvalue weighted by Crippen LogP contribution is 2.21. The van der Waals surface area contributed by atoms with Crippen LogP contribution in [0, 0.1) is 6.92 Å². The van der Waals surface area contributed by atoms with Gasteiger partial charge in [-0.2, -0.15) is 4.31 Å². The van der Waals surface area contributed by atoms with Gasteiger partial charge in [-0.25, -0.2) is 8.42 Å². The normalized spacial score (nSPS) is 18.3. The third-order valence-corrected chi connectivity index (χ3v) is 5.57. The van der Waals surface area contributed by atoms with Crippen LogP contribution in [0.4, 0.5) is 0 Å². The molecule has 0 aliphatic carbocycles. The lowest BCUT2D eigenvalue weighted by Crippen LogP contribution is -2.45. The third kappa shape index (κ3) is 3.58. The van der Waals surface area contributed by atoms with Gasteiger partial charge in [0.1, 0.15) is 0 Å². The van der Waals surface area contributed by atoms with Gasteiger partial charge in [-0.15, -0.1) is 0 Å². The molecule has 6 heteroatoms. The minimum atomic E-state index is -3.37. The van der Waals surface area contributed by atoms with Crippen molar-refractivity contribution in [1.29, 1.82) is 0 Å². The minimum Gasteiger partial charge on any atom is -0.395 e. The van der Waals surface area contributed by atoms with Gasteiger partial charge in [0.25, 0.3) is 0 Å². The van der Waals surface area contributed by atoms with Crippen molar-refractivity contribution in [3.63, 3.8) is 0 Å². The van der Waals surface area contributed by atoms with Crippen LogP contribution in [0.3, 0.4) is 0 Å². The van der Waals surface area contributed by atoms with Gasteiger partial charge in [0.2, 0.25) is 10.0 Å². The van der Waals surface area contributed by atoms with Gasteiger partial charge in [-0.05, 0) is 31.9 Å². The fraction of sp³-hybridized carbons (Fsp3) is 0.571. The second kappa shape index (κ2) is 6.67. The number of aliphatic hydroxyl groups excluding tert-OH is 1. The SMILES string of the molecule is Cc1ccc(S(=O)(=O)N2CCC(NCCO)CC2)cc1. The molecule has 1 aromatic carbocycles. The number of hydrogen-bond donors (Lipinski definition) is 2. The summed E-state index contributed by atoms with van der Waals surface area (Å²) in [6.07, 6.45) is 1.57. The van der Waals surface area contributed by atoms with E-state index >= 15 is 0 Å². The molecule has 0 bridgehead atoms. The van der Waals surface area contributed by atoms with Crippen molar-refractivity contribution in [3.8, 4) is 0 Å². The summed E-state index contributed by atoms with van der Waals surface area (Å²) in [5.41, 5.74) is 1.05. The maximum absolute atomic E-state index is 12.5. The number of aliphatic hydroxyl groups is 1. The summed E-state index contributed by atoms with van der Waals surface area (Å²) in [7, 11) is -3.37. The van der Waals surface area contributed by atoms with E-state index in [4.69, 9.17) is 5.11 Å². The number of rotatable bonds is 5. The molecule has 5 nitrogen and oxygen atoms in total. The van der Waals surface area contributed by atoms with E-state index in [0.717, 1.165) is 18.4 Å². The second-order valence-corrected chi connectivity index (χ2v) is 7.11. The third-order valence-electron chi connectivity index (χ3n) is 3.66. The van der Waals surface area contributed by atoms with Crippen molar-refractivity contribution in [1.82, 2.24) is 9.62 Å². The average Bonchev–Trinajstić information content (AvgIpc) is 2.46. The lowest BCUT2D eigenvalue weighted by Gasteiger charge is -2.31. The maximum atomic E-state index is 12.5. The number of hydrogen-bond acceptors (Lipinski definition) is 4. The van der Waals surface area contributed by atoms with Crippen molar-refractivity contribution in [2.45, 2.75) is 30.7 Å². The van der Waals surface area contributed by atoms with Crippen molar-refractivity contribution in [3.05, 3.63) is 29.8 Å². The summed E-state index contributed by atoms with van der Waals surface area (Å²) in [6.45, 7) is 3.67. The monoisotopic (exact) mass is 298 g/mol. The molecule has 20 heavy (non-hydrogen) atoms. The molecule has 0 spiro atoms. The van der Waals surface area contributed by atoms with Crippen LogP contribution < -0.4 is 5.32 Å². The molecule has 0 aromatic heterocycles. The molecule has 0 unspecified atom stereocenters. The van der Waals surface area contributed by atoms with E-state index in [2.05, 4.69) is 5.32 Å². The summed E-state index contributed by atoms with van der Waals surface area (Å²) in [5.74, 6) is 0. The summed E-state index contributed by atoms with van der Waals surface area (Å²) < 4.78 is 26.5. The summed E-state index contributed by atoms with van der Waals surface area (Å²) in [4.78, 5) is 0.366. The van der Waals surface area contributed by atoms with E-state index in [1.165, 1.54) is 0 Å². The second-order valence-electron chi connectivity index (χ2n) is 5.17. The van der Waals surface area contributed by atoms with Crippen molar-refractivity contribution in [2.24, 2.45) is 0 Å². The first kappa shape index (κ1) is 15.4. The zero-order valence-corrected chi connectivity index (χ0v) is 12.6. The van der Waals surface area contributed by atoms with Crippen LogP contribution in [-0.2, 0) is 10.0 Å². The smallest absolute Gasteiger partial charge is 0.243 e. The summed E-state index contributed by atoms with van der Waals surface area (Å²) in [5, 5.41) is 12.0. The first-order chi connectivity index (χ1) is 9.54. The Morgan fingerprint density at radius 1 is 1.25 bits per heavy atom. The highest BCUT2D eigenvalue weighted by molar-refractivity contribution is 7.89. The molecule has 1 aliphatic rings. The van der Waals surface area contributed by atoms with E-state index < -0.39 is 10.0 Å². The molecule has 1 saturated heterocycles. The van der Waals surface area contributed by atoms with Crippen LogP contribution >= 0.6 is 0 Å². The Balaban J connectivity index is 2.00. The predicted molar refractivity (Wildman–Crippen MR) is 78.0 cm³/mol. The zero-order chi connectivity index (χ0) is 14.6. The van der Waals surface area contributed by atoms with Crippen LogP contribution in [0.1, 0.15) is 18.4 Å². The molecule has 2 rings (SSSR count). The zero-order valence-electron chi connectivity index (χ0n) is 11.7. The topological polar surface area (TPSA) is 69.6 Å². The van der Waals surface area contributed by atoms with Gasteiger partial charge >= 0.3 is 0 Å². The van der Waals surface area contributed by atoms with E-state index in [0.29, 0.717) is 30.6 Å². The minimum absolute atomic E-state index is 0.113. The number of sulfonamides is 1. The molecule has 0 atom stereocenters. The average molecular weight is 298 g/mol. The van der Waals surface area contributed by atoms with Crippen molar-refractivity contribution in [2.75, 3.05) is 26.2 Å². The van der Waals surface area contributed by atoms with Gasteiger partial charge < -0.3 is 10.4 Å². The highest BCUT2D eigenvalue weighted by Gasteiger charge is 2.28. The van der Waals surface area contributed by atoms with E-state index in [-0.39, 0.29) is 6.61 Å². The first-order valence-corrected chi connectivity index (χ1v) is 8.39. The number of nitrogens with one attached hydrogen (secondary N) is 1. The molecule has 1 aromatic rings. The van der Waals surface area contributed by atoms with Crippen LogP contribution in [0.5, 0.6) is 0 Å². The van der Waals surface area contributed by atoms with Gasteiger partial charge in [-0.1, -0.05) is 17.7 Å². The number of aryl methyl sites for hydroxylation is 1. The Hall–Kier alpha value is -0.950. The fourth-order valence-electron chi connectivity index (χ4n) is 2.43. The Bertz CT molecular complexity index is 520. The van der Waals surface area contributed by atoms with Gasteiger partial charge in [-0.3, -0.25) is 0 Å². The molecule has 0 radical (unpaired) electrons. The van der Waals surface area contributed by atoms with Gasteiger partial charge in [0.05, 0.1) is 11.5 Å². The molecule has 0 saturated carbocycles. The first-order valence-electron chi connectivity index (χ1n) is 6.95. The Morgan fingerprint density at radius 2 is 1.85 bits per heavy atom. The van der Waals surface area contributed by atoms with Crippen LogP contribution in [0.2, 0.25) is 0 Å². The lowest BCUT2D eigenvalue weighted by molar-refractivity contribution is 0.252. The van der Waals surface area contributed by atoms with Crippen LogP contribution in [0.25, 0.3) is 0 Å². The molecular weight excluding hydrogens is 276 g/mol. The van der Waals surface area contributed by atoms with E-state index in [1.54, 1.807) is 16.4 Å². The molecular formula is C14H22N2O3S. The molecule has 1 fully saturated rings. The molecule has 0 amide bonds. The molecule has 1 heterocycles. The lowest BCUT2D eigenvalue weighted by atomic mass is 10.1. The number of benzene rings is 1. The molecule has 2 N–H and O–H groups in total. The predicted octanol–water partition coefficient (Wildman–Crippen LogP) is 0.730. The highest BCUT2D eigenvalue weighted by atomic mass is 32.2. The standard InChI is InChI=1S/C14H22N2O3S/c1-12-2-4-14(5-3-12)20(18,19)16-9-6-13(7-10-16)15-8-11-17/h2-5,13,15,17H,6-11H2,1H3. The van der Waals surface area contributed by atoms with Crippen LogP contribution in [-0.4, -0.2) is 50.1 Å².